The molecule has 1 rings (SSSR count). The van der Waals surface area contributed by atoms with Gasteiger partial charge in [0.15, 0.2) is 0 Å². The summed E-state index contributed by atoms with van der Waals surface area (Å²) in [7, 11) is 1.86. The number of rotatable bonds is 3. The minimum Gasteiger partial charge on any atom is -0.394 e. The van der Waals surface area contributed by atoms with E-state index in [9.17, 15) is 0 Å². The van der Waals surface area contributed by atoms with E-state index in [4.69, 9.17) is 5.11 Å². The van der Waals surface area contributed by atoms with Crippen LogP contribution in [0.15, 0.2) is 12.1 Å². The van der Waals surface area contributed by atoms with E-state index in [0.29, 0.717) is 0 Å². The number of hydrogen-bond acceptors (Lipinski definition) is 3. The molecule has 0 aliphatic heterocycles. The number of aliphatic hydroxyl groups excluding tert-OH is 1. The van der Waals surface area contributed by atoms with Crippen molar-refractivity contribution in [3.8, 4) is 0 Å². The monoisotopic (exact) mass is 171 g/mol. The molecular formula is C8H13NOS. The summed E-state index contributed by atoms with van der Waals surface area (Å²) in [6, 6.07) is 4.23. The maximum Gasteiger partial charge on any atom is 0.0647 e. The Bertz CT molecular complexity index is 218. The molecule has 1 heterocycles. The van der Waals surface area contributed by atoms with Crippen molar-refractivity contribution in [2.24, 2.45) is 0 Å². The van der Waals surface area contributed by atoms with Gasteiger partial charge in [0.1, 0.15) is 0 Å². The fourth-order valence-corrected chi connectivity index (χ4v) is 1.94. The van der Waals surface area contributed by atoms with Crippen molar-refractivity contribution < 1.29 is 5.11 Å². The van der Waals surface area contributed by atoms with E-state index in [1.165, 1.54) is 9.75 Å². The fraction of sp³-hybridized carbons (Fsp3) is 0.500. The number of hydrogen-bond donors (Lipinski definition) is 2. The molecular weight excluding hydrogens is 158 g/mol. The summed E-state index contributed by atoms with van der Waals surface area (Å²) in [5.41, 5.74) is 0. The van der Waals surface area contributed by atoms with Gasteiger partial charge in [0.25, 0.3) is 0 Å². The van der Waals surface area contributed by atoms with Gasteiger partial charge in [0.05, 0.1) is 12.6 Å². The summed E-state index contributed by atoms with van der Waals surface area (Å²) < 4.78 is 0. The van der Waals surface area contributed by atoms with Gasteiger partial charge in [-0.2, -0.15) is 0 Å². The van der Waals surface area contributed by atoms with Crippen LogP contribution in [0.4, 0.5) is 0 Å². The van der Waals surface area contributed by atoms with Crippen molar-refractivity contribution in [2.75, 3.05) is 13.7 Å². The van der Waals surface area contributed by atoms with Crippen LogP contribution in [-0.2, 0) is 0 Å². The molecule has 1 aromatic heterocycles. The first-order chi connectivity index (χ1) is 5.27. The van der Waals surface area contributed by atoms with Crippen LogP contribution in [0.3, 0.4) is 0 Å². The topological polar surface area (TPSA) is 32.3 Å². The van der Waals surface area contributed by atoms with Crippen LogP contribution < -0.4 is 5.32 Å². The molecule has 0 aromatic carbocycles. The molecule has 2 N–H and O–H groups in total. The highest BCUT2D eigenvalue weighted by Crippen LogP contribution is 2.21. The van der Waals surface area contributed by atoms with E-state index in [2.05, 4.69) is 24.4 Å². The van der Waals surface area contributed by atoms with E-state index in [0.717, 1.165) is 0 Å². The first kappa shape index (κ1) is 8.71. The summed E-state index contributed by atoms with van der Waals surface area (Å²) in [4.78, 5) is 2.49. The number of likely N-dealkylation sites (N-methyl/N-ethyl adjacent to an activating group) is 1. The van der Waals surface area contributed by atoms with Gasteiger partial charge >= 0.3 is 0 Å². The largest absolute Gasteiger partial charge is 0.394 e. The first-order valence-corrected chi connectivity index (χ1v) is 4.44. The molecule has 0 bridgehead atoms. The quantitative estimate of drug-likeness (QED) is 0.718. The van der Waals surface area contributed by atoms with Crippen LogP contribution in [0.1, 0.15) is 15.8 Å². The summed E-state index contributed by atoms with van der Waals surface area (Å²) >= 11 is 1.72. The Morgan fingerprint density at radius 1 is 1.64 bits per heavy atom. The highest BCUT2D eigenvalue weighted by Gasteiger charge is 2.08. The van der Waals surface area contributed by atoms with Crippen LogP contribution >= 0.6 is 11.3 Å². The van der Waals surface area contributed by atoms with Crippen molar-refractivity contribution >= 4 is 11.3 Å². The molecule has 0 spiro atoms. The molecule has 0 radical (unpaired) electrons. The third-order valence-corrected chi connectivity index (χ3v) is 2.75. The number of aryl methyl sites for hydroxylation is 1. The molecule has 62 valence electrons. The Kier molecular flexibility index (Phi) is 3.05. The fourth-order valence-electron chi connectivity index (χ4n) is 0.964. The average Bonchev–Trinajstić information content (AvgIpc) is 2.39. The Morgan fingerprint density at radius 2 is 2.36 bits per heavy atom. The molecule has 1 atom stereocenters. The van der Waals surface area contributed by atoms with Gasteiger partial charge in [0.2, 0.25) is 0 Å². The Hall–Kier alpha value is -0.380. The van der Waals surface area contributed by atoms with Gasteiger partial charge in [-0.25, -0.2) is 0 Å². The zero-order valence-corrected chi connectivity index (χ0v) is 7.61. The highest BCUT2D eigenvalue weighted by atomic mass is 32.1. The van der Waals surface area contributed by atoms with Gasteiger partial charge in [-0.05, 0) is 26.1 Å². The molecule has 0 amide bonds. The van der Waals surface area contributed by atoms with Crippen LogP contribution in [0, 0.1) is 6.92 Å². The van der Waals surface area contributed by atoms with Crippen LogP contribution in [0.2, 0.25) is 0 Å². The second-order valence-corrected chi connectivity index (χ2v) is 3.79. The lowest BCUT2D eigenvalue weighted by Gasteiger charge is -2.09. The summed E-state index contributed by atoms with van der Waals surface area (Å²) in [5, 5.41) is 12.0. The van der Waals surface area contributed by atoms with Gasteiger partial charge in [0, 0.05) is 9.75 Å². The molecule has 0 fully saturated rings. The Labute approximate surface area is 70.9 Å². The van der Waals surface area contributed by atoms with E-state index in [1.54, 1.807) is 11.3 Å². The smallest absolute Gasteiger partial charge is 0.0647 e. The lowest BCUT2D eigenvalue weighted by molar-refractivity contribution is 0.253. The van der Waals surface area contributed by atoms with Crippen LogP contribution in [0.5, 0.6) is 0 Å². The SMILES string of the molecule is CN[C@@H](CO)c1ccc(C)s1. The highest BCUT2D eigenvalue weighted by molar-refractivity contribution is 7.12. The lowest BCUT2D eigenvalue weighted by Crippen LogP contribution is -2.18. The maximum absolute atomic E-state index is 8.93. The predicted octanol–water partition coefficient (Wildman–Crippen LogP) is 1.31. The zero-order chi connectivity index (χ0) is 8.27. The molecule has 11 heavy (non-hydrogen) atoms. The van der Waals surface area contributed by atoms with Gasteiger partial charge < -0.3 is 10.4 Å². The average molecular weight is 171 g/mol. The van der Waals surface area contributed by atoms with Crippen molar-refractivity contribution in [2.45, 2.75) is 13.0 Å². The minimum atomic E-state index is 0.105. The molecule has 0 aliphatic rings. The number of aliphatic hydroxyl groups is 1. The van der Waals surface area contributed by atoms with Crippen LogP contribution in [0.25, 0.3) is 0 Å². The van der Waals surface area contributed by atoms with Crippen molar-refractivity contribution in [1.82, 2.24) is 5.32 Å². The number of nitrogens with one attached hydrogen (secondary N) is 1. The number of thiophene rings is 1. The van der Waals surface area contributed by atoms with Crippen molar-refractivity contribution in [3.05, 3.63) is 21.9 Å². The molecule has 0 aliphatic carbocycles. The standard InChI is InChI=1S/C8H13NOS/c1-6-3-4-8(11-6)7(5-10)9-2/h3-4,7,9-10H,5H2,1-2H3/t7-/m0/s1. The summed E-state index contributed by atoms with van der Waals surface area (Å²) in [6.07, 6.45) is 0. The second-order valence-electron chi connectivity index (χ2n) is 2.47. The van der Waals surface area contributed by atoms with E-state index in [-0.39, 0.29) is 12.6 Å². The van der Waals surface area contributed by atoms with E-state index < -0.39 is 0 Å². The maximum atomic E-state index is 8.93. The molecule has 0 saturated carbocycles. The molecule has 1 aromatic rings. The van der Waals surface area contributed by atoms with E-state index in [1.807, 2.05) is 7.05 Å². The van der Waals surface area contributed by atoms with Crippen molar-refractivity contribution in [1.29, 1.82) is 0 Å². The van der Waals surface area contributed by atoms with Crippen molar-refractivity contribution in [3.63, 3.8) is 0 Å². The molecule has 3 heteroatoms. The van der Waals surface area contributed by atoms with Gasteiger partial charge in [-0.15, -0.1) is 11.3 Å². The van der Waals surface area contributed by atoms with Crippen LogP contribution in [-0.4, -0.2) is 18.8 Å². The summed E-state index contributed by atoms with van der Waals surface area (Å²) in [6.45, 7) is 2.23. The Morgan fingerprint density at radius 3 is 2.73 bits per heavy atom. The lowest BCUT2D eigenvalue weighted by atomic mass is 10.2. The third-order valence-electron chi connectivity index (χ3n) is 1.64. The first-order valence-electron chi connectivity index (χ1n) is 3.62. The van der Waals surface area contributed by atoms with Gasteiger partial charge in [-0.3, -0.25) is 0 Å². The second kappa shape index (κ2) is 3.85. The summed E-state index contributed by atoms with van der Waals surface area (Å²) in [5.74, 6) is 0. The zero-order valence-electron chi connectivity index (χ0n) is 6.79. The van der Waals surface area contributed by atoms with E-state index >= 15 is 0 Å². The molecule has 2 nitrogen and oxygen atoms in total. The Balaban J connectivity index is 2.73. The minimum absolute atomic E-state index is 0.105. The molecule has 0 saturated heterocycles. The van der Waals surface area contributed by atoms with Gasteiger partial charge in [-0.1, -0.05) is 0 Å². The third kappa shape index (κ3) is 2.02. The normalized spacial score (nSPS) is 13.4. The molecule has 0 unspecified atom stereocenters. The predicted molar refractivity (Wildman–Crippen MR) is 47.9 cm³/mol.